The number of H-pyrrole nitrogens is 1. The van der Waals surface area contributed by atoms with E-state index < -0.39 is 12.1 Å². The summed E-state index contributed by atoms with van der Waals surface area (Å²) >= 11 is 0. The van der Waals surface area contributed by atoms with E-state index in [0.29, 0.717) is 37.4 Å². The third kappa shape index (κ3) is 5.60. The van der Waals surface area contributed by atoms with Gasteiger partial charge in [0, 0.05) is 41.9 Å². The minimum Gasteiger partial charge on any atom is -0.496 e. The highest BCUT2D eigenvalue weighted by Gasteiger charge is 2.41. The lowest BCUT2D eigenvalue weighted by Gasteiger charge is -2.28. The molecule has 0 radical (unpaired) electrons. The summed E-state index contributed by atoms with van der Waals surface area (Å²) in [4.78, 5) is 44.7. The topological polar surface area (TPSA) is 127 Å². The van der Waals surface area contributed by atoms with Gasteiger partial charge in [0.25, 0.3) is 5.91 Å². The predicted octanol–water partition coefficient (Wildman–Crippen LogP) is 3.49. The maximum atomic E-state index is 13.8. The number of ether oxygens (including phenoxy) is 1. The lowest BCUT2D eigenvalue weighted by atomic mass is 9.90. The van der Waals surface area contributed by atoms with Crippen LogP contribution in [0.4, 0.5) is 0 Å². The number of benzene rings is 2. The Morgan fingerprint density at radius 3 is 2.77 bits per heavy atom. The number of hydrogen-bond acceptors (Lipinski definition) is 5. The molecule has 3 amide bonds. The third-order valence-electron chi connectivity index (χ3n) is 7.86. The number of rotatable bonds is 8. The zero-order valence-corrected chi connectivity index (χ0v) is 22.0. The summed E-state index contributed by atoms with van der Waals surface area (Å²) < 4.78 is 5.45. The molecule has 39 heavy (non-hydrogen) atoms. The molecule has 3 aromatic rings. The van der Waals surface area contributed by atoms with Crippen molar-refractivity contribution in [3.05, 3.63) is 65.9 Å². The molecule has 2 aromatic carbocycles. The van der Waals surface area contributed by atoms with Gasteiger partial charge in [-0.3, -0.25) is 14.4 Å². The smallest absolute Gasteiger partial charge is 0.271 e. The van der Waals surface area contributed by atoms with Crippen molar-refractivity contribution >= 4 is 28.6 Å². The highest BCUT2D eigenvalue weighted by Crippen LogP contribution is 2.34. The molecule has 0 unspecified atom stereocenters. The SMILES string of the molecule is COc1cccc2[nH]c(C(=O)N3C[C@H](c4ccccc4)C[C@H]3C(=O)N[C@H](CC#N)C[C@@H]3CCCNC3=O)cc12. The number of nitrogens with one attached hydrogen (secondary N) is 3. The van der Waals surface area contributed by atoms with Gasteiger partial charge in [0.2, 0.25) is 11.8 Å². The van der Waals surface area contributed by atoms with Crippen LogP contribution >= 0.6 is 0 Å². The quantitative estimate of drug-likeness (QED) is 0.413. The average Bonchev–Trinajstić information content (AvgIpc) is 3.60. The van der Waals surface area contributed by atoms with Crippen LogP contribution in [-0.4, -0.2) is 59.9 Å². The van der Waals surface area contributed by atoms with Gasteiger partial charge < -0.3 is 25.3 Å². The highest BCUT2D eigenvalue weighted by atomic mass is 16.5. The minimum atomic E-state index is -0.711. The number of carbonyl (C=O) groups is 3. The average molecular weight is 528 g/mol. The zero-order chi connectivity index (χ0) is 27.4. The van der Waals surface area contributed by atoms with Crippen molar-refractivity contribution in [2.45, 2.75) is 50.1 Å². The molecule has 3 N–H and O–H groups in total. The Morgan fingerprint density at radius 2 is 2.03 bits per heavy atom. The van der Waals surface area contributed by atoms with Gasteiger partial charge >= 0.3 is 0 Å². The summed E-state index contributed by atoms with van der Waals surface area (Å²) in [5.41, 5.74) is 2.22. The molecular formula is C30H33N5O4. The molecule has 0 aliphatic carbocycles. The van der Waals surface area contributed by atoms with Crippen LogP contribution < -0.4 is 15.4 Å². The van der Waals surface area contributed by atoms with Crippen molar-refractivity contribution in [2.24, 2.45) is 5.92 Å². The first kappa shape index (κ1) is 26.3. The van der Waals surface area contributed by atoms with Crippen molar-refractivity contribution in [3.63, 3.8) is 0 Å². The molecule has 3 heterocycles. The van der Waals surface area contributed by atoms with Gasteiger partial charge in [-0.25, -0.2) is 0 Å². The van der Waals surface area contributed by atoms with Gasteiger partial charge in [0.1, 0.15) is 17.5 Å². The summed E-state index contributed by atoms with van der Waals surface area (Å²) in [6, 6.07) is 18.2. The largest absolute Gasteiger partial charge is 0.496 e. The molecule has 2 fully saturated rings. The Hall–Kier alpha value is -4.32. The maximum absolute atomic E-state index is 13.8. The summed E-state index contributed by atoms with van der Waals surface area (Å²) in [6.45, 7) is 1.05. The fourth-order valence-electron chi connectivity index (χ4n) is 5.86. The summed E-state index contributed by atoms with van der Waals surface area (Å²) in [6.07, 6.45) is 2.57. The molecule has 1 aromatic heterocycles. The normalized spacial score (nSPS) is 21.7. The molecule has 0 spiro atoms. The Kier molecular flexibility index (Phi) is 7.82. The van der Waals surface area contributed by atoms with Crippen LogP contribution in [0, 0.1) is 17.2 Å². The molecule has 2 aliphatic rings. The molecule has 4 atom stereocenters. The number of hydrogen-bond donors (Lipinski definition) is 3. The number of nitriles is 1. The van der Waals surface area contributed by atoms with Crippen molar-refractivity contribution in [2.75, 3.05) is 20.2 Å². The molecule has 2 aliphatic heterocycles. The standard InChI is InChI=1S/C30H33N5O4/c1-39-27-11-5-10-24-23(27)17-25(34-24)30(38)35-18-21(19-7-3-2-4-8-19)16-26(35)29(37)33-22(12-13-31)15-20-9-6-14-32-28(20)36/h2-5,7-8,10-11,17,20-22,26,34H,6,9,12,14-16,18H2,1H3,(H,32,36)(H,33,37)/t20-,21+,22+,26-/m0/s1. The van der Waals surface area contributed by atoms with Gasteiger partial charge in [-0.15, -0.1) is 0 Å². The van der Waals surface area contributed by atoms with E-state index in [-0.39, 0.29) is 36.0 Å². The predicted molar refractivity (Wildman–Crippen MR) is 146 cm³/mol. The first-order chi connectivity index (χ1) is 19.0. The molecular weight excluding hydrogens is 494 g/mol. The molecule has 9 heteroatoms. The second kappa shape index (κ2) is 11.6. The number of aromatic nitrogens is 1. The number of nitrogens with zero attached hydrogens (tertiary/aromatic N) is 2. The van der Waals surface area contributed by atoms with Gasteiger partial charge in [0.05, 0.1) is 19.6 Å². The summed E-state index contributed by atoms with van der Waals surface area (Å²) in [7, 11) is 1.59. The van der Waals surface area contributed by atoms with Crippen molar-refractivity contribution < 1.29 is 19.1 Å². The molecule has 2 saturated heterocycles. The Balaban J connectivity index is 1.40. The van der Waals surface area contributed by atoms with E-state index in [0.717, 1.165) is 29.3 Å². The Morgan fingerprint density at radius 1 is 1.21 bits per heavy atom. The number of methoxy groups -OCH3 is 1. The van der Waals surface area contributed by atoms with Crippen LogP contribution in [0.1, 0.15) is 54.1 Å². The molecule has 5 rings (SSSR count). The highest BCUT2D eigenvalue weighted by molar-refractivity contribution is 6.02. The van der Waals surface area contributed by atoms with Gasteiger partial charge in [-0.05, 0) is 49.4 Å². The van der Waals surface area contributed by atoms with E-state index in [1.165, 1.54) is 0 Å². The number of carbonyl (C=O) groups excluding carboxylic acids is 3. The van der Waals surface area contributed by atoms with E-state index in [2.05, 4.69) is 21.7 Å². The summed E-state index contributed by atoms with van der Waals surface area (Å²) in [5.74, 6) is -0.191. The van der Waals surface area contributed by atoms with Crippen LogP contribution in [0.15, 0.2) is 54.6 Å². The van der Waals surface area contributed by atoms with E-state index in [9.17, 15) is 19.6 Å². The van der Waals surface area contributed by atoms with Crippen LogP contribution in [-0.2, 0) is 9.59 Å². The minimum absolute atomic E-state index is 0.0108. The Labute approximate surface area is 227 Å². The molecule has 9 nitrogen and oxygen atoms in total. The number of amides is 3. The van der Waals surface area contributed by atoms with Crippen LogP contribution in [0.3, 0.4) is 0 Å². The van der Waals surface area contributed by atoms with Crippen molar-refractivity contribution in [1.29, 1.82) is 5.26 Å². The number of fused-ring (bicyclic) bond motifs is 1. The van der Waals surface area contributed by atoms with Crippen LogP contribution in [0.2, 0.25) is 0 Å². The van der Waals surface area contributed by atoms with Crippen LogP contribution in [0.25, 0.3) is 10.9 Å². The number of piperidine rings is 1. The van der Waals surface area contributed by atoms with E-state index in [4.69, 9.17) is 4.74 Å². The third-order valence-corrected chi connectivity index (χ3v) is 7.86. The van der Waals surface area contributed by atoms with Gasteiger partial charge in [-0.2, -0.15) is 5.26 Å². The molecule has 0 bridgehead atoms. The second-order valence-electron chi connectivity index (χ2n) is 10.4. The maximum Gasteiger partial charge on any atom is 0.271 e. The van der Waals surface area contributed by atoms with Crippen molar-refractivity contribution in [1.82, 2.24) is 20.5 Å². The first-order valence-electron chi connectivity index (χ1n) is 13.4. The molecule has 202 valence electrons. The lowest BCUT2D eigenvalue weighted by molar-refractivity contribution is -0.129. The van der Waals surface area contributed by atoms with Gasteiger partial charge in [0.15, 0.2) is 0 Å². The lowest BCUT2D eigenvalue weighted by Crippen LogP contribution is -2.50. The zero-order valence-electron chi connectivity index (χ0n) is 22.0. The van der Waals surface area contributed by atoms with Gasteiger partial charge in [-0.1, -0.05) is 36.4 Å². The fraction of sp³-hybridized carbons (Fsp3) is 0.400. The molecule has 0 saturated carbocycles. The monoisotopic (exact) mass is 527 g/mol. The van der Waals surface area contributed by atoms with E-state index in [1.54, 1.807) is 18.1 Å². The summed E-state index contributed by atoms with van der Waals surface area (Å²) in [5, 5.41) is 16.1. The van der Waals surface area contributed by atoms with E-state index >= 15 is 0 Å². The second-order valence-corrected chi connectivity index (χ2v) is 10.4. The Bertz CT molecular complexity index is 1400. The number of likely N-dealkylation sites (tertiary alicyclic amines) is 1. The first-order valence-corrected chi connectivity index (χ1v) is 13.4. The number of aromatic amines is 1. The van der Waals surface area contributed by atoms with Crippen LogP contribution in [0.5, 0.6) is 5.75 Å². The van der Waals surface area contributed by atoms with Crippen molar-refractivity contribution in [3.8, 4) is 11.8 Å². The van der Waals surface area contributed by atoms with E-state index in [1.807, 2.05) is 48.5 Å². The fourth-order valence-corrected chi connectivity index (χ4v) is 5.86.